The summed E-state index contributed by atoms with van der Waals surface area (Å²) in [5.74, 6) is -0.168. The number of H-pyrrole nitrogens is 1. The highest BCUT2D eigenvalue weighted by Gasteiger charge is 2.47. The number of nitrogens with zero attached hydrogens (tertiary/aromatic N) is 3. The third-order valence-corrected chi connectivity index (χ3v) is 4.27. The zero-order chi connectivity index (χ0) is 17.4. The number of nitrogens with two attached hydrogens (primary N) is 2. The summed E-state index contributed by atoms with van der Waals surface area (Å²) in [6.07, 6.45) is -1.16. The third-order valence-electron chi connectivity index (χ3n) is 3.19. The van der Waals surface area contributed by atoms with E-state index in [1.165, 1.54) is 0 Å². The highest BCUT2D eigenvalue weighted by atomic mass is 31.2. The maximum absolute atomic E-state index is 13.1. The van der Waals surface area contributed by atoms with Gasteiger partial charge in [-0.05, 0) is 12.8 Å². The molecule has 10 nitrogen and oxygen atoms in total. The molecule has 0 radical (unpaired) electrons. The van der Waals surface area contributed by atoms with Gasteiger partial charge in [-0.15, -0.1) is 0 Å². The van der Waals surface area contributed by atoms with Crippen molar-refractivity contribution in [2.75, 3.05) is 11.5 Å². The Morgan fingerprint density at radius 2 is 1.91 bits per heavy atom. The second kappa shape index (κ2) is 5.87. The Hall–Kier alpha value is -2.04. The lowest BCUT2D eigenvalue weighted by Gasteiger charge is -2.17. The van der Waals surface area contributed by atoms with Crippen LogP contribution >= 0.6 is 7.60 Å². The van der Waals surface area contributed by atoms with Gasteiger partial charge in [0.2, 0.25) is 5.95 Å². The van der Waals surface area contributed by atoms with Crippen molar-refractivity contribution in [3.63, 3.8) is 0 Å². The second-order valence-electron chi connectivity index (χ2n) is 4.91. The zero-order valence-corrected chi connectivity index (χ0v) is 12.6. The van der Waals surface area contributed by atoms with E-state index < -0.39 is 25.2 Å². The number of nitrogens with one attached hydrogen (secondary N) is 1. The predicted molar refractivity (Wildman–Crippen MR) is 77.8 cm³/mol. The molecule has 0 aliphatic rings. The van der Waals surface area contributed by atoms with Crippen LogP contribution in [0.1, 0.15) is 19.3 Å². The molecule has 13 heteroatoms. The lowest BCUT2D eigenvalue weighted by atomic mass is 10.2. The number of imidazole rings is 1. The quantitative estimate of drug-likeness (QED) is 0.363. The fourth-order valence-corrected chi connectivity index (χ4v) is 2.44. The maximum atomic E-state index is 13.1. The SMILES string of the molecule is Nc1nc2nc(N)n(CCCCC(F)(F)P(=O)(O)O)c(=O)c2[nH]1. The van der Waals surface area contributed by atoms with E-state index in [1.807, 2.05) is 0 Å². The molecule has 0 amide bonds. The average Bonchev–Trinajstić information content (AvgIpc) is 2.77. The van der Waals surface area contributed by atoms with Crippen molar-refractivity contribution in [1.29, 1.82) is 0 Å². The van der Waals surface area contributed by atoms with Crippen LogP contribution in [0.25, 0.3) is 11.2 Å². The molecule has 23 heavy (non-hydrogen) atoms. The van der Waals surface area contributed by atoms with Gasteiger partial charge in [-0.3, -0.25) is 13.9 Å². The highest BCUT2D eigenvalue weighted by Crippen LogP contribution is 2.55. The van der Waals surface area contributed by atoms with Gasteiger partial charge in [0.1, 0.15) is 0 Å². The number of unbranched alkanes of at least 4 members (excludes halogenated alkanes) is 1. The van der Waals surface area contributed by atoms with Crippen LogP contribution in [0.3, 0.4) is 0 Å². The molecule has 0 saturated carbocycles. The van der Waals surface area contributed by atoms with Crippen molar-refractivity contribution in [3.8, 4) is 0 Å². The number of hydrogen-bond donors (Lipinski definition) is 5. The molecule has 0 aliphatic heterocycles. The van der Waals surface area contributed by atoms with Crippen molar-refractivity contribution in [1.82, 2.24) is 19.5 Å². The van der Waals surface area contributed by atoms with E-state index in [0.717, 1.165) is 4.57 Å². The summed E-state index contributed by atoms with van der Waals surface area (Å²) in [6.45, 7) is -0.0379. The number of fused-ring (bicyclic) bond motifs is 1. The topological polar surface area (TPSA) is 173 Å². The molecule has 2 heterocycles. The van der Waals surface area contributed by atoms with Crippen molar-refractivity contribution in [3.05, 3.63) is 10.4 Å². The van der Waals surface area contributed by atoms with E-state index in [2.05, 4.69) is 15.0 Å². The lowest BCUT2D eigenvalue weighted by Crippen LogP contribution is -2.25. The molecule has 2 rings (SSSR count). The van der Waals surface area contributed by atoms with Gasteiger partial charge in [0, 0.05) is 13.0 Å². The van der Waals surface area contributed by atoms with Gasteiger partial charge in [-0.1, -0.05) is 0 Å². The molecular formula is C10H15F2N6O4P. The van der Waals surface area contributed by atoms with E-state index in [1.54, 1.807) is 0 Å². The summed E-state index contributed by atoms with van der Waals surface area (Å²) in [6, 6.07) is 0. The molecule has 2 aromatic rings. The normalized spacial score (nSPS) is 12.9. The molecule has 0 bridgehead atoms. The van der Waals surface area contributed by atoms with Gasteiger partial charge in [-0.2, -0.15) is 18.7 Å². The van der Waals surface area contributed by atoms with Crippen LogP contribution in [0.15, 0.2) is 4.79 Å². The van der Waals surface area contributed by atoms with Gasteiger partial charge in [0.15, 0.2) is 17.1 Å². The molecule has 0 unspecified atom stereocenters. The molecule has 0 saturated heterocycles. The first kappa shape index (κ1) is 17.3. The van der Waals surface area contributed by atoms with Crippen LogP contribution in [-0.4, -0.2) is 35.0 Å². The molecule has 7 N–H and O–H groups in total. The van der Waals surface area contributed by atoms with Crippen LogP contribution < -0.4 is 17.0 Å². The fourth-order valence-electron chi connectivity index (χ4n) is 1.99. The number of aromatic nitrogens is 4. The van der Waals surface area contributed by atoms with E-state index in [9.17, 15) is 18.1 Å². The van der Waals surface area contributed by atoms with Crippen LogP contribution in [0.5, 0.6) is 0 Å². The Kier molecular flexibility index (Phi) is 4.42. The summed E-state index contributed by atoms with van der Waals surface area (Å²) < 4.78 is 37.9. The first-order valence-electron chi connectivity index (χ1n) is 6.48. The van der Waals surface area contributed by atoms with E-state index in [-0.39, 0.29) is 42.4 Å². The first-order valence-corrected chi connectivity index (χ1v) is 8.09. The second-order valence-corrected chi connectivity index (χ2v) is 6.66. The first-order chi connectivity index (χ1) is 10.5. The standard InChI is InChI=1S/C10H15F2N6O4P/c11-10(12,23(20,21)22)3-1-2-4-18-7(19)5-6(17-9(18)14)16-8(13)15-5/h1-4H2,(H2,14,17)(H3,13,15,16)(H2,20,21,22). The lowest BCUT2D eigenvalue weighted by molar-refractivity contribution is 0.0475. The number of nitrogen functional groups attached to an aromatic ring is 2. The van der Waals surface area contributed by atoms with Gasteiger partial charge in [0.05, 0.1) is 0 Å². The molecular weight excluding hydrogens is 337 g/mol. The molecule has 0 spiro atoms. The van der Waals surface area contributed by atoms with Gasteiger partial charge >= 0.3 is 13.3 Å². The number of alkyl halides is 2. The van der Waals surface area contributed by atoms with Crippen molar-refractivity contribution < 1.29 is 23.1 Å². The number of aromatic amines is 1. The minimum absolute atomic E-state index is 0.0111. The molecule has 2 aromatic heterocycles. The monoisotopic (exact) mass is 352 g/mol. The molecule has 0 aromatic carbocycles. The van der Waals surface area contributed by atoms with E-state index in [4.69, 9.17) is 21.3 Å². The molecule has 0 atom stereocenters. The highest BCUT2D eigenvalue weighted by molar-refractivity contribution is 7.53. The molecule has 128 valence electrons. The number of halogens is 2. The van der Waals surface area contributed by atoms with Crippen molar-refractivity contribution in [2.45, 2.75) is 31.5 Å². The van der Waals surface area contributed by atoms with Crippen molar-refractivity contribution >= 4 is 30.7 Å². The van der Waals surface area contributed by atoms with Crippen molar-refractivity contribution in [2.24, 2.45) is 0 Å². The van der Waals surface area contributed by atoms with Crippen LogP contribution in [-0.2, 0) is 11.1 Å². The molecule has 0 aliphatic carbocycles. The Bertz CT molecular complexity index is 829. The minimum atomic E-state index is -5.50. The summed E-state index contributed by atoms with van der Waals surface area (Å²) in [5, 5.41) is 0. The maximum Gasteiger partial charge on any atom is 0.394 e. The Labute approximate surface area is 127 Å². The number of rotatable bonds is 6. The Balaban J connectivity index is 2.09. The number of anilines is 2. The minimum Gasteiger partial charge on any atom is -0.369 e. The summed E-state index contributed by atoms with van der Waals surface area (Å²) >= 11 is 0. The smallest absolute Gasteiger partial charge is 0.369 e. The average molecular weight is 352 g/mol. The largest absolute Gasteiger partial charge is 0.394 e. The predicted octanol–water partition coefficient (Wildman–Crippen LogP) is 0.225. The fraction of sp³-hybridized carbons (Fsp3) is 0.500. The summed E-state index contributed by atoms with van der Waals surface area (Å²) in [4.78, 5) is 39.4. The zero-order valence-electron chi connectivity index (χ0n) is 11.7. The van der Waals surface area contributed by atoms with Gasteiger partial charge < -0.3 is 26.2 Å². The number of hydrogen-bond acceptors (Lipinski definition) is 6. The van der Waals surface area contributed by atoms with E-state index >= 15 is 0 Å². The third kappa shape index (κ3) is 3.49. The van der Waals surface area contributed by atoms with Gasteiger partial charge in [-0.25, -0.2) is 0 Å². The Morgan fingerprint density at radius 1 is 1.26 bits per heavy atom. The summed E-state index contributed by atoms with van der Waals surface area (Å²) in [5.41, 5.74) is 6.47. The van der Waals surface area contributed by atoms with Crippen LogP contribution in [0.4, 0.5) is 20.7 Å². The van der Waals surface area contributed by atoms with Crippen LogP contribution in [0, 0.1) is 0 Å². The Morgan fingerprint density at radius 3 is 2.52 bits per heavy atom. The van der Waals surface area contributed by atoms with E-state index in [0.29, 0.717) is 0 Å². The van der Waals surface area contributed by atoms with Crippen LogP contribution in [0.2, 0.25) is 0 Å². The molecule has 0 fully saturated rings. The van der Waals surface area contributed by atoms with Gasteiger partial charge in [0.25, 0.3) is 5.56 Å². The summed E-state index contributed by atoms with van der Waals surface area (Å²) in [7, 11) is -5.50.